The normalized spacial score (nSPS) is 16.9. The maximum Gasteiger partial charge on any atom is 0.252 e. The van der Waals surface area contributed by atoms with Gasteiger partial charge >= 0.3 is 0 Å². The summed E-state index contributed by atoms with van der Waals surface area (Å²) in [4.78, 5) is 12.5. The third kappa shape index (κ3) is 3.43. The van der Waals surface area contributed by atoms with Gasteiger partial charge in [0.25, 0.3) is 5.91 Å². The zero-order valence-corrected chi connectivity index (χ0v) is 13.3. The Morgan fingerprint density at radius 3 is 2.70 bits per heavy atom. The molecule has 1 amide bonds. The molecule has 1 saturated heterocycles. The lowest BCUT2D eigenvalue weighted by Crippen LogP contribution is -2.53. The molecule has 2 aromatic rings. The lowest BCUT2D eigenvalue weighted by molar-refractivity contribution is -0.146. The molecule has 2 heterocycles. The maximum atomic E-state index is 12.5. The second kappa shape index (κ2) is 6.93. The van der Waals surface area contributed by atoms with Gasteiger partial charge in [-0.15, -0.1) is 0 Å². The van der Waals surface area contributed by atoms with Gasteiger partial charge in [0.15, 0.2) is 0 Å². The number of benzene rings is 1. The fraction of sp³-hybridized carbons (Fsp3) is 0.412. The average Bonchev–Trinajstić information content (AvgIpc) is 3.15. The van der Waals surface area contributed by atoms with E-state index in [4.69, 9.17) is 4.74 Å². The first-order valence-corrected chi connectivity index (χ1v) is 7.87. The Balaban J connectivity index is 1.60. The number of nitrogens with one attached hydrogen (secondary N) is 2. The molecule has 0 saturated carbocycles. The Labute approximate surface area is 135 Å². The molecule has 23 heavy (non-hydrogen) atoms. The first kappa shape index (κ1) is 15.7. The molecule has 0 spiro atoms. The molecule has 3 rings (SSSR count). The van der Waals surface area contributed by atoms with E-state index in [1.54, 1.807) is 18.0 Å². The highest BCUT2D eigenvalue weighted by Gasteiger charge is 2.39. The van der Waals surface area contributed by atoms with Crippen LogP contribution in [0.3, 0.4) is 0 Å². The Morgan fingerprint density at radius 2 is 2.09 bits per heavy atom. The minimum Gasteiger partial charge on any atom is -0.368 e. The van der Waals surface area contributed by atoms with E-state index in [-0.39, 0.29) is 5.91 Å². The van der Waals surface area contributed by atoms with E-state index in [2.05, 4.69) is 15.7 Å². The molecule has 1 aromatic carbocycles. The van der Waals surface area contributed by atoms with Crippen LogP contribution in [0.25, 0.3) is 5.69 Å². The van der Waals surface area contributed by atoms with Crippen LogP contribution in [0.15, 0.2) is 42.7 Å². The van der Waals surface area contributed by atoms with E-state index in [1.165, 1.54) is 0 Å². The van der Waals surface area contributed by atoms with Crippen molar-refractivity contribution in [2.45, 2.75) is 25.0 Å². The fourth-order valence-corrected chi connectivity index (χ4v) is 2.89. The number of aromatic nitrogens is 2. The number of hydrogen-bond acceptors (Lipinski definition) is 4. The molecule has 1 aliphatic rings. The molecule has 2 N–H and O–H groups in total. The summed E-state index contributed by atoms with van der Waals surface area (Å²) in [6.07, 6.45) is 5.05. The van der Waals surface area contributed by atoms with Crippen LogP contribution in [0.5, 0.6) is 0 Å². The van der Waals surface area contributed by atoms with Gasteiger partial charge in [-0.25, -0.2) is 4.68 Å². The number of methoxy groups -OCH3 is 1. The molecule has 0 atom stereocenters. The van der Waals surface area contributed by atoms with E-state index in [9.17, 15) is 4.79 Å². The van der Waals surface area contributed by atoms with Crippen LogP contribution in [0.1, 0.15) is 18.4 Å². The summed E-state index contributed by atoms with van der Waals surface area (Å²) in [5, 5.41) is 10.5. The molecule has 6 nitrogen and oxygen atoms in total. The summed E-state index contributed by atoms with van der Waals surface area (Å²) in [5.74, 6) is -0.0300. The number of piperidine rings is 1. The van der Waals surface area contributed by atoms with Crippen molar-refractivity contribution < 1.29 is 9.53 Å². The molecule has 6 heteroatoms. The summed E-state index contributed by atoms with van der Waals surface area (Å²) < 4.78 is 7.34. The average molecular weight is 314 g/mol. The Kier molecular flexibility index (Phi) is 4.73. The molecule has 1 aliphatic heterocycles. The molecule has 0 aliphatic carbocycles. The van der Waals surface area contributed by atoms with Crippen LogP contribution in [-0.2, 0) is 16.1 Å². The molecule has 0 bridgehead atoms. The maximum absolute atomic E-state index is 12.5. The van der Waals surface area contributed by atoms with Crippen LogP contribution in [0.4, 0.5) is 0 Å². The zero-order valence-electron chi connectivity index (χ0n) is 13.3. The molecule has 122 valence electrons. The number of amides is 1. The quantitative estimate of drug-likeness (QED) is 0.872. The highest BCUT2D eigenvalue weighted by molar-refractivity contribution is 5.85. The second-order valence-electron chi connectivity index (χ2n) is 5.75. The van der Waals surface area contributed by atoms with E-state index >= 15 is 0 Å². The SMILES string of the molecule is COC1(C(=O)NCc2ccc(-n3cccn3)cc2)CCNCC1. The highest BCUT2D eigenvalue weighted by atomic mass is 16.5. The zero-order chi connectivity index (χ0) is 16.1. The Morgan fingerprint density at radius 1 is 1.35 bits per heavy atom. The first-order chi connectivity index (χ1) is 11.2. The fourth-order valence-electron chi connectivity index (χ4n) is 2.89. The van der Waals surface area contributed by atoms with Gasteiger partial charge in [-0.2, -0.15) is 5.10 Å². The predicted octanol–water partition coefficient (Wildman–Crippen LogP) is 1.26. The van der Waals surface area contributed by atoms with E-state index in [1.807, 2.05) is 36.5 Å². The summed E-state index contributed by atoms with van der Waals surface area (Å²) in [6.45, 7) is 2.11. The molecule has 0 radical (unpaired) electrons. The second-order valence-corrected chi connectivity index (χ2v) is 5.75. The van der Waals surface area contributed by atoms with E-state index in [0.717, 1.165) is 24.3 Å². The van der Waals surface area contributed by atoms with Crippen molar-refractivity contribution in [1.82, 2.24) is 20.4 Å². The summed E-state index contributed by atoms with van der Waals surface area (Å²) in [7, 11) is 1.61. The van der Waals surface area contributed by atoms with Crippen molar-refractivity contribution in [2.24, 2.45) is 0 Å². The number of nitrogens with zero attached hydrogens (tertiary/aromatic N) is 2. The van der Waals surface area contributed by atoms with Gasteiger partial charge in [0, 0.05) is 26.0 Å². The van der Waals surface area contributed by atoms with Gasteiger partial charge in [0.2, 0.25) is 0 Å². The van der Waals surface area contributed by atoms with Crippen molar-refractivity contribution in [2.75, 3.05) is 20.2 Å². The standard InChI is InChI=1S/C17H22N4O2/c1-23-17(7-10-18-11-8-17)16(22)19-13-14-3-5-15(6-4-14)21-12-2-9-20-21/h2-6,9,12,18H,7-8,10-11,13H2,1H3,(H,19,22). The molecule has 1 fully saturated rings. The lowest BCUT2D eigenvalue weighted by atomic mass is 9.91. The predicted molar refractivity (Wildman–Crippen MR) is 87.3 cm³/mol. The van der Waals surface area contributed by atoms with Gasteiger partial charge in [-0.1, -0.05) is 12.1 Å². The summed E-state index contributed by atoms with van der Waals surface area (Å²) in [5.41, 5.74) is 1.35. The number of rotatable bonds is 5. The minimum absolute atomic E-state index is 0.0300. The number of carbonyl (C=O) groups is 1. The molecule has 1 aromatic heterocycles. The van der Waals surface area contributed by atoms with Gasteiger partial charge in [-0.05, 0) is 49.7 Å². The summed E-state index contributed by atoms with van der Waals surface area (Å²) >= 11 is 0. The van der Waals surface area contributed by atoms with Crippen LogP contribution >= 0.6 is 0 Å². The minimum atomic E-state index is -0.694. The van der Waals surface area contributed by atoms with Crippen molar-refractivity contribution in [3.05, 3.63) is 48.3 Å². The smallest absolute Gasteiger partial charge is 0.252 e. The van der Waals surface area contributed by atoms with E-state index in [0.29, 0.717) is 19.4 Å². The molecule has 0 unspecified atom stereocenters. The number of carbonyl (C=O) groups excluding carboxylic acids is 1. The third-order valence-electron chi connectivity index (χ3n) is 4.37. The Bertz CT molecular complexity index is 631. The van der Waals surface area contributed by atoms with Crippen LogP contribution < -0.4 is 10.6 Å². The van der Waals surface area contributed by atoms with Crippen molar-refractivity contribution >= 4 is 5.91 Å². The van der Waals surface area contributed by atoms with Crippen molar-refractivity contribution in [3.8, 4) is 5.69 Å². The third-order valence-corrected chi connectivity index (χ3v) is 4.37. The van der Waals surface area contributed by atoms with Gasteiger partial charge in [0.1, 0.15) is 5.60 Å². The van der Waals surface area contributed by atoms with Gasteiger partial charge < -0.3 is 15.4 Å². The number of ether oxygens (including phenoxy) is 1. The van der Waals surface area contributed by atoms with Crippen LogP contribution in [0.2, 0.25) is 0 Å². The summed E-state index contributed by atoms with van der Waals surface area (Å²) in [6, 6.07) is 9.87. The highest BCUT2D eigenvalue weighted by Crippen LogP contribution is 2.22. The van der Waals surface area contributed by atoms with Crippen LogP contribution in [0, 0.1) is 0 Å². The van der Waals surface area contributed by atoms with Gasteiger partial charge in [0.05, 0.1) is 5.69 Å². The largest absolute Gasteiger partial charge is 0.368 e. The Hall–Kier alpha value is -2.18. The first-order valence-electron chi connectivity index (χ1n) is 7.87. The lowest BCUT2D eigenvalue weighted by Gasteiger charge is -2.34. The van der Waals surface area contributed by atoms with Crippen molar-refractivity contribution in [1.29, 1.82) is 0 Å². The van der Waals surface area contributed by atoms with Crippen LogP contribution in [-0.4, -0.2) is 41.5 Å². The van der Waals surface area contributed by atoms with Crippen molar-refractivity contribution in [3.63, 3.8) is 0 Å². The topological polar surface area (TPSA) is 68.2 Å². The number of hydrogen-bond donors (Lipinski definition) is 2. The molecular weight excluding hydrogens is 292 g/mol. The van der Waals surface area contributed by atoms with E-state index < -0.39 is 5.60 Å². The molecular formula is C17H22N4O2. The monoisotopic (exact) mass is 314 g/mol. The van der Waals surface area contributed by atoms with Gasteiger partial charge in [-0.3, -0.25) is 4.79 Å².